The Hall–Kier alpha value is -2.05. The van der Waals surface area contributed by atoms with Gasteiger partial charge in [-0.25, -0.2) is 0 Å². The summed E-state index contributed by atoms with van der Waals surface area (Å²) < 4.78 is 18.2. The molecule has 0 bridgehead atoms. The highest BCUT2D eigenvalue weighted by molar-refractivity contribution is 7.80. The van der Waals surface area contributed by atoms with Crippen LogP contribution in [0.3, 0.4) is 0 Å². The summed E-state index contributed by atoms with van der Waals surface area (Å²) in [5.74, 6) is 1.41. The van der Waals surface area contributed by atoms with Gasteiger partial charge in [-0.2, -0.15) is 0 Å². The maximum atomic E-state index is 6.17. The van der Waals surface area contributed by atoms with Crippen molar-refractivity contribution in [2.75, 3.05) is 14.2 Å². The minimum atomic E-state index is -2.90. The Morgan fingerprint density at radius 3 is 1.92 bits per heavy atom. The zero-order valence-electron chi connectivity index (χ0n) is 14.2. The maximum absolute atomic E-state index is 6.17. The van der Waals surface area contributed by atoms with E-state index < -0.39 is 8.56 Å². The van der Waals surface area contributed by atoms with Crippen molar-refractivity contribution in [2.24, 2.45) is 0 Å². The molecule has 0 spiro atoms. The Morgan fingerprint density at radius 1 is 0.720 bits per heavy atom. The monoisotopic (exact) mass is 368 g/mol. The zero-order valence-corrected chi connectivity index (χ0v) is 16.1. The quantitative estimate of drug-likeness (QED) is 0.532. The van der Waals surface area contributed by atoms with Crippen LogP contribution in [0.4, 0.5) is 0 Å². The summed E-state index contributed by atoms with van der Waals surface area (Å²) in [4.78, 5) is 0.739. The number of para-hydroxylation sites is 2. The summed E-state index contributed by atoms with van der Waals surface area (Å²) >= 11 is 4.61. The van der Waals surface area contributed by atoms with Gasteiger partial charge in [0.25, 0.3) is 0 Å². The number of thiol groups is 1. The Balaban J connectivity index is 2.16. The van der Waals surface area contributed by atoms with Crippen LogP contribution in [0.15, 0.2) is 83.8 Å². The molecule has 0 unspecified atom stereocenters. The highest BCUT2D eigenvalue weighted by atomic mass is 32.1. The van der Waals surface area contributed by atoms with Crippen molar-refractivity contribution < 1.29 is 13.6 Å². The summed E-state index contributed by atoms with van der Waals surface area (Å²) in [5.41, 5.74) is 0. The molecule has 25 heavy (non-hydrogen) atoms. The molecule has 5 heteroatoms. The average molecular weight is 369 g/mol. The van der Waals surface area contributed by atoms with Crippen molar-refractivity contribution in [3.63, 3.8) is 0 Å². The lowest BCUT2D eigenvalue weighted by Gasteiger charge is -2.30. The van der Waals surface area contributed by atoms with Crippen molar-refractivity contribution in [3.8, 4) is 11.5 Å². The lowest BCUT2D eigenvalue weighted by Crippen LogP contribution is -2.62. The van der Waals surface area contributed by atoms with Gasteiger partial charge in [-0.15, -0.1) is 12.6 Å². The fraction of sp³-hybridized carbons (Fsp3) is 0.100. The van der Waals surface area contributed by atoms with Crippen LogP contribution in [0, 0.1) is 0 Å². The second-order valence-electron chi connectivity index (χ2n) is 5.46. The maximum Gasteiger partial charge on any atom is 0.410 e. The van der Waals surface area contributed by atoms with Gasteiger partial charge in [-0.1, -0.05) is 60.7 Å². The molecule has 0 N–H and O–H groups in total. The Bertz CT molecular complexity index is 821. The van der Waals surface area contributed by atoms with Gasteiger partial charge in [-0.05, 0) is 23.4 Å². The summed E-state index contributed by atoms with van der Waals surface area (Å²) in [6.07, 6.45) is 0. The lowest BCUT2D eigenvalue weighted by molar-refractivity contribution is 0.271. The van der Waals surface area contributed by atoms with E-state index in [9.17, 15) is 0 Å². The molecule has 0 aliphatic rings. The predicted molar refractivity (Wildman–Crippen MR) is 106 cm³/mol. The van der Waals surface area contributed by atoms with E-state index in [1.807, 2.05) is 78.9 Å². The van der Waals surface area contributed by atoms with Crippen LogP contribution in [0.1, 0.15) is 0 Å². The largest absolute Gasteiger partial charge is 0.456 e. The first-order valence-electron chi connectivity index (χ1n) is 7.92. The molecular formula is C20H20O3SSi. The van der Waals surface area contributed by atoms with Crippen LogP contribution in [0.25, 0.3) is 0 Å². The number of rotatable bonds is 6. The molecule has 0 aromatic heterocycles. The van der Waals surface area contributed by atoms with Crippen LogP contribution < -0.4 is 15.1 Å². The number of hydrogen-bond acceptors (Lipinski definition) is 4. The summed E-state index contributed by atoms with van der Waals surface area (Å²) in [6.45, 7) is 0. The first-order chi connectivity index (χ1) is 12.2. The van der Waals surface area contributed by atoms with Crippen molar-refractivity contribution >= 4 is 31.6 Å². The third-order valence-corrected chi connectivity index (χ3v) is 7.74. The van der Waals surface area contributed by atoms with Crippen molar-refractivity contribution in [1.82, 2.24) is 0 Å². The third kappa shape index (κ3) is 3.50. The van der Waals surface area contributed by atoms with Crippen molar-refractivity contribution in [1.29, 1.82) is 0 Å². The minimum Gasteiger partial charge on any atom is -0.456 e. The molecule has 0 radical (unpaired) electrons. The van der Waals surface area contributed by atoms with Crippen molar-refractivity contribution in [2.45, 2.75) is 4.90 Å². The van der Waals surface area contributed by atoms with Gasteiger partial charge in [0.05, 0.1) is 0 Å². The first-order valence-corrected chi connectivity index (χ1v) is 10.2. The predicted octanol–water partition coefficient (Wildman–Crippen LogP) is 3.62. The Morgan fingerprint density at radius 2 is 1.32 bits per heavy atom. The minimum absolute atomic E-state index is 0.663. The number of hydrogen-bond donors (Lipinski definition) is 1. The van der Waals surface area contributed by atoms with E-state index >= 15 is 0 Å². The molecule has 0 saturated heterocycles. The van der Waals surface area contributed by atoms with Gasteiger partial charge in [0.1, 0.15) is 11.5 Å². The molecule has 0 aliphatic heterocycles. The van der Waals surface area contributed by atoms with Gasteiger partial charge >= 0.3 is 8.56 Å². The zero-order chi connectivity index (χ0) is 17.7. The van der Waals surface area contributed by atoms with E-state index in [-0.39, 0.29) is 0 Å². The molecule has 3 aromatic rings. The number of benzene rings is 3. The second-order valence-corrected chi connectivity index (χ2v) is 9.11. The van der Waals surface area contributed by atoms with E-state index in [2.05, 4.69) is 12.6 Å². The number of ether oxygens (including phenoxy) is 1. The smallest absolute Gasteiger partial charge is 0.410 e. The fourth-order valence-electron chi connectivity index (χ4n) is 2.85. The van der Waals surface area contributed by atoms with Crippen LogP contribution in [-0.4, -0.2) is 22.8 Å². The normalized spacial score (nSPS) is 11.3. The molecule has 3 aromatic carbocycles. The lowest BCUT2D eigenvalue weighted by atomic mass is 10.3. The Kier molecular flexibility index (Phi) is 5.60. The third-order valence-electron chi connectivity index (χ3n) is 4.04. The topological polar surface area (TPSA) is 27.7 Å². The van der Waals surface area contributed by atoms with E-state index in [0.717, 1.165) is 21.0 Å². The van der Waals surface area contributed by atoms with Crippen LogP contribution in [0.2, 0.25) is 0 Å². The highest BCUT2D eigenvalue weighted by Gasteiger charge is 2.43. The molecule has 0 fully saturated rings. The molecule has 0 atom stereocenters. The van der Waals surface area contributed by atoms with Crippen LogP contribution >= 0.6 is 12.6 Å². The van der Waals surface area contributed by atoms with Crippen molar-refractivity contribution in [3.05, 3.63) is 78.9 Å². The first kappa shape index (κ1) is 17.8. The summed E-state index contributed by atoms with van der Waals surface area (Å²) in [6, 6.07) is 25.5. The van der Waals surface area contributed by atoms with Gasteiger partial charge < -0.3 is 13.6 Å². The summed E-state index contributed by atoms with van der Waals surface area (Å²) in [7, 11) is 0.462. The molecule has 0 amide bonds. The van der Waals surface area contributed by atoms with E-state index in [1.165, 1.54) is 0 Å². The highest BCUT2D eigenvalue weighted by Crippen LogP contribution is 2.28. The van der Waals surface area contributed by atoms with Gasteiger partial charge in [0.15, 0.2) is 0 Å². The van der Waals surface area contributed by atoms with E-state index in [1.54, 1.807) is 14.2 Å². The van der Waals surface area contributed by atoms with Gasteiger partial charge in [0.2, 0.25) is 0 Å². The molecular weight excluding hydrogens is 348 g/mol. The molecule has 0 aliphatic carbocycles. The van der Waals surface area contributed by atoms with E-state index in [4.69, 9.17) is 13.6 Å². The summed E-state index contributed by atoms with van der Waals surface area (Å²) in [5, 5.41) is 1.90. The fourth-order valence-corrected chi connectivity index (χ4v) is 6.03. The average Bonchev–Trinajstić information content (AvgIpc) is 2.67. The van der Waals surface area contributed by atoms with Gasteiger partial charge in [-0.3, -0.25) is 0 Å². The molecule has 128 valence electrons. The Labute approximate surface area is 154 Å². The van der Waals surface area contributed by atoms with E-state index in [0.29, 0.717) is 5.75 Å². The second kappa shape index (κ2) is 7.88. The van der Waals surface area contributed by atoms with Crippen LogP contribution in [0.5, 0.6) is 11.5 Å². The van der Waals surface area contributed by atoms with Gasteiger partial charge in [0, 0.05) is 24.3 Å². The van der Waals surface area contributed by atoms with Crippen LogP contribution in [-0.2, 0) is 8.85 Å². The standard InChI is InChI=1S/C20H20O3SSi/c1-21-25(22-2,17-12-7-4-8-13-17)19-15-9-14-18(24)20(19)23-16-10-5-3-6-11-16/h3-15,24H,1-2H3. The molecule has 0 heterocycles. The molecule has 0 saturated carbocycles. The molecule has 3 nitrogen and oxygen atoms in total. The molecule has 3 rings (SSSR count). The SMILES string of the molecule is CO[Si](OC)(c1ccccc1)c1cccc(S)c1Oc1ccccc1.